The predicted octanol–water partition coefficient (Wildman–Crippen LogP) is 3.56. The molecule has 0 saturated carbocycles. The monoisotopic (exact) mass is 274 g/mol. The summed E-state index contributed by atoms with van der Waals surface area (Å²) in [6.07, 6.45) is 0.699. The molecule has 0 heterocycles. The van der Waals surface area contributed by atoms with Gasteiger partial charge in [-0.25, -0.2) is 0 Å². The van der Waals surface area contributed by atoms with Crippen LogP contribution >= 0.6 is 0 Å². The first kappa shape index (κ1) is 16.5. The van der Waals surface area contributed by atoms with Gasteiger partial charge in [0.15, 0.2) is 0 Å². The van der Waals surface area contributed by atoms with Crippen molar-refractivity contribution in [3.63, 3.8) is 0 Å². The summed E-state index contributed by atoms with van der Waals surface area (Å²) in [6.45, 7) is 12.0. The summed E-state index contributed by atoms with van der Waals surface area (Å²) >= 11 is 0. The van der Waals surface area contributed by atoms with Gasteiger partial charge in [-0.15, -0.1) is 0 Å². The van der Waals surface area contributed by atoms with E-state index in [4.69, 9.17) is 10.00 Å². The van der Waals surface area contributed by atoms with E-state index in [-0.39, 0.29) is 11.5 Å². The molecule has 0 spiro atoms. The molecule has 1 N–H and O–H groups in total. The molecule has 0 bridgehead atoms. The quantitative estimate of drug-likeness (QED) is 0.862. The van der Waals surface area contributed by atoms with E-state index in [1.165, 1.54) is 5.56 Å². The normalized spacial score (nSPS) is 12.8. The maximum Gasteiger partial charge on any atom is 0.122 e. The average molecular weight is 274 g/mol. The SMILES string of the molecule is CCNC(C#N)CCOc1ccc(C(C)(C)C)cc1C. The lowest BCUT2D eigenvalue weighted by Gasteiger charge is -2.20. The van der Waals surface area contributed by atoms with Gasteiger partial charge in [-0.2, -0.15) is 5.26 Å². The molecule has 1 rings (SSSR count). The van der Waals surface area contributed by atoms with Crippen LogP contribution in [-0.2, 0) is 5.41 Å². The van der Waals surface area contributed by atoms with Crippen LogP contribution in [0.5, 0.6) is 5.75 Å². The summed E-state index contributed by atoms with van der Waals surface area (Å²) in [5.74, 6) is 0.909. The minimum atomic E-state index is -0.130. The van der Waals surface area contributed by atoms with E-state index in [9.17, 15) is 0 Å². The summed E-state index contributed by atoms with van der Waals surface area (Å²) in [6, 6.07) is 8.45. The fourth-order valence-corrected chi connectivity index (χ4v) is 2.02. The van der Waals surface area contributed by atoms with Gasteiger partial charge in [0.05, 0.1) is 18.7 Å². The molecule has 1 unspecified atom stereocenters. The molecule has 20 heavy (non-hydrogen) atoms. The van der Waals surface area contributed by atoms with Crippen molar-refractivity contribution in [2.24, 2.45) is 0 Å². The molecule has 0 aliphatic carbocycles. The molecule has 0 radical (unpaired) electrons. The average Bonchev–Trinajstić information content (AvgIpc) is 2.38. The van der Waals surface area contributed by atoms with Crippen LogP contribution in [0.2, 0.25) is 0 Å². The van der Waals surface area contributed by atoms with Crippen molar-refractivity contribution in [1.29, 1.82) is 5.26 Å². The number of hydrogen-bond donors (Lipinski definition) is 1. The minimum Gasteiger partial charge on any atom is -0.493 e. The highest BCUT2D eigenvalue weighted by Crippen LogP contribution is 2.27. The Kier molecular flexibility index (Phi) is 6.04. The lowest BCUT2D eigenvalue weighted by molar-refractivity contribution is 0.296. The second-order valence-electron chi connectivity index (χ2n) is 6.11. The van der Waals surface area contributed by atoms with Gasteiger partial charge in [-0.1, -0.05) is 39.8 Å². The van der Waals surface area contributed by atoms with E-state index in [0.29, 0.717) is 13.0 Å². The van der Waals surface area contributed by atoms with E-state index >= 15 is 0 Å². The fourth-order valence-electron chi connectivity index (χ4n) is 2.02. The summed E-state index contributed by atoms with van der Waals surface area (Å²) in [7, 11) is 0. The summed E-state index contributed by atoms with van der Waals surface area (Å²) in [5.41, 5.74) is 2.61. The van der Waals surface area contributed by atoms with Crippen molar-refractivity contribution in [2.45, 2.75) is 52.5 Å². The lowest BCUT2D eigenvalue weighted by atomic mass is 9.86. The number of rotatable bonds is 6. The third kappa shape index (κ3) is 4.86. The molecular weight excluding hydrogens is 248 g/mol. The van der Waals surface area contributed by atoms with Crippen molar-refractivity contribution in [3.8, 4) is 11.8 Å². The van der Waals surface area contributed by atoms with Gasteiger partial charge >= 0.3 is 0 Å². The van der Waals surface area contributed by atoms with Gasteiger partial charge in [0, 0.05) is 6.42 Å². The Morgan fingerprint density at radius 1 is 1.35 bits per heavy atom. The molecular formula is C17H26N2O. The standard InChI is InChI=1S/C17H26N2O/c1-6-19-15(12-18)9-10-20-16-8-7-14(11-13(16)2)17(3,4)5/h7-8,11,15,19H,6,9-10H2,1-5H3. The molecule has 1 aromatic rings. The Hall–Kier alpha value is -1.53. The number of ether oxygens (including phenoxy) is 1. The number of benzene rings is 1. The molecule has 1 atom stereocenters. The molecule has 0 aliphatic rings. The highest BCUT2D eigenvalue weighted by molar-refractivity contribution is 5.38. The topological polar surface area (TPSA) is 45.0 Å². The van der Waals surface area contributed by atoms with Crippen LogP contribution in [0, 0.1) is 18.3 Å². The Bertz CT molecular complexity index is 469. The second kappa shape index (κ2) is 7.31. The predicted molar refractivity (Wildman–Crippen MR) is 83.1 cm³/mol. The van der Waals surface area contributed by atoms with Crippen LogP contribution in [0.15, 0.2) is 18.2 Å². The highest BCUT2D eigenvalue weighted by Gasteiger charge is 2.15. The molecule has 0 amide bonds. The fraction of sp³-hybridized carbons (Fsp3) is 0.588. The number of nitriles is 1. The molecule has 3 heteroatoms. The van der Waals surface area contributed by atoms with Crippen LogP contribution in [-0.4, -0.2) is 19.2 Å². The summed E-state index contributed by atoms with van der Waals surface area (Å²) in [5, 5.41) is 12.1. The van der Waals surface area contributed by atoms with E-state index in [1.54, 1.807) is 0 Å². The van der Waals surface area contributed by atoms with Crippen molar-refractivity contribution < 1.29 is 4.74 Å². The summed E-state index contributed by atoms with van der Waals surface area (Å²) in [4.78, 5) is 0. The van der Waals surface area contributed by atoms with Crippen LogP contribution < -0.4 is 10.1 Å². The van der Waals surface area contributed by atoms with Crippen molar-refractivity contribution in [3.05, 3.63) is 29.3 Å². The maximum atomic E-state index is 8.97. The Morgan fingerprint density at radius 3 is 2.55 bits per heavy atom. The highest BCUT2D eigenvalue weighted by atomic mass is 16.5. The Morgan fingerprint density at radius 2 is 2.05 bits per heavy atom. The van der Waals surface area contributed by atoms with Crippen molar-refractivity contribution in [1.82, 2.24) is 5.32 Å². The van der Waals surface area contributed by atoms with Gasteiger partial charge in [-0.3, -0.25) is 0 Å². The minimum absolute atomic E-state index is 0.130. The van der Waals surface area contributed by atoms with Crippen LogP contribution in [0.25, 0.3) is 0 Å². The zero-order chi connectivity index (χ0) is 15.2. The first-order valence-corrected chi connectivity index (χ1v) is 7.25. The molecule has 110 valence electrons. The van der Waals surface area contributed by atoms with Gasteiger partial charge in [0.1, 0.15) is 5.75 Å². The molecule has 0 aliphatic heterocycles. The van der Waals surface area contributed by atoms with Gasteiger partial charge < -0.3 is 10.1 Å². The van der Waals surface area contributed by atoms with E-state index < -0.39 is 0 Å². The number of nitrogens with zero attached hydrogens (tertiary/aromatic N) is 1. The largest absolute Gasteiger partial charge is 0.493 e. The smallest absolute Gasteiger partial charge is 0.122 e. The number of nitrogens with one attached hydrogen (secondary N) is 1. The lowest BCUT2D eigenvalue weighted by Crippen LogP contribution is -2.28. The van der Waals surface area contributed by atoms with Crippen molar-refractivity contribution in [2.75, 3.05) is 13.2 Å². The molecule has 0 fully saturated rings. The van der Waals surface area contributed by atoms with Crippen LogP contribution in [0.4, 0.5) is 0 Å². The zero-order valence-electron chi connectivity index (χ0n) is 13.3. The zero-order valence-corrected chi connectivity index (χ0v) is 13.3. The third-order valence-electron chi connectivity index (χ3n) is 3.31. The third-order valence-corrected chi connectivity index (χ3v) is 3.31. The summed E-state index contributed by atoms with van der Waals surface area (Å²) < 4.78 is 5.79. The first-order valence-electron chi connectivity index (χ1n) is 7.25. The van der Waals surface area contributed by atoms with E-state index in [2.05, 4.69) is 51.2 Å². The van der Waals surface area contributed by atoms with Crippen LogP contribution in [0.1, 0.15) is 45.2 Å². The van der Waals surface area contributed by atoms with Gasteiger partial charge in [-0.05, 0) is 36.1 Å². The first-order chi connectivity index (χ1) is 9.38. The maximum absolute atomic E-state index is 8.97. The van der Waals surface area contributed by atoms with E-state index in [1.807, 2.05) is 13.0 Å². The molecule has 0 saturated heterocycles. The van der Waals surface area contributed by atoms with E-state index in [0.717, 1.165) is 17.9 Å². The Balaban J connectivity index is 2.60. The van der Waals surface area contributed by atoms with Gasteiger partial charge in [0.25, 0.3) is 0 Å². The van der Waals surface area contributed by atoms with Crippen LogP contribution in [0.3, 0.4) is 0 Å². The Labute approximate surface area is 123 Å². The van der Waals surface area contributed by atoms with Crippen molar-refractivity contribution >= 4 is 0 Å². The molecule has 0 aromatic heterocycles. The van der Waals surface area contributed by atoms with Gasteiger partial charge in [0.2, 0.25) is 0 Å². The number of hydrogen-bond acceptors (Lipinski definition) is 3. The molecule has 3 nitrogen and oxygen atoms in total. The molecule has 1 aromatic carbocycles. The second-order valence-corrected chi connectivity index (χ2v) is 6.11. The number of aryl methyl sites for hydroxylation is 1.